The molecule has 1 heterocycles. The van der Waals surface area contributed by atoms with Crippen molar-refractivity contribution in [1.29, 1.82) is 0 Å². The van der Waals surface area contributed by atoms with Crippen LogP contribution < -0.4 is 5.32 Å². The summed E-state index contributed by atoms with van der Waals surface area (Å²) in [5, 5.41) is 3.16. The summed E-state index contributed by atoms with van der Waals surface area (Å²) in [5.74, 6) is -0.729. The van der Waals surface area contributed by atoms with Crippen LogP contribution in [0.2, 0.25) is 5.02 Å². The molecule has 126 valence electrons. The van der Waals surface area contributed by atoms with E-state index in [-0.39, 0.29) is 17.9 Å². The minimum absolute atomic E-state index is 0.0453. The molecular formula is C17H22ClFN2O2. The molecule has 2 rings (SSSR count). The first-order valence-corrected chi connectivity index (χ1v) is 8.11. The van der Waals surface area contributed by atoms with Gasteiger partial charge in [-0.15, -0.1) is 0 Å². The molecule has 2 amide bonds. The van der Waals surface area contributed by atoms with Crippen molar-refractivity contribution in [3.63, 3.8) is 0 Å². The highest BCUT2D eigenvalue weighted by atomic mass is 35.5. The molecule has 0 aliphatic carbocycles. The minimum atomic E-state index is -0.993. The number of amides is 2. The Kier molecular flexibility index (Phi) is 5.30. The smallest absolute Gasteiger partial charge is 0.232 e. The highest BCUT2D eigenvalue weighted by Gasteiger charge is 2.37. The van der Waals surface area contributed by atoms with Gasteiger partial charge >= 0.3 is 0 Å². The summed E-state index contributed by atoms with van der Waals surface area (Å²) >= 11 is 5.79. The highest BCUT2D eigenvalue weighted by molar-refractivity contribution is 6.30. The zero-order valence-electron chi connectivity index (χ0n) is 13.7. The van der Waals surface area contributed by atoms with Crippen molar-refractivity contribution in [1.82, 2.24) is 10.2 Å². The number of benzene rings is 1. The Morgan fingerprint density at radius 3 is 2.70 bits per heavy atom. The summed E-state index contributed by atoms with van der Waals surface area (Å²) in [4.78, 5) is 25.8. The van der Waals surface area contributed by atoms with Gasteiger partial charge in [0, 0.05) is 36.6 Å². The molecule has 1 aliphatic rings. The molecule has 23 heavy (non-hydrogen) atoms. The van der Waals surface area contributed by atoms with Crippen molar-refractivity contribution in [2.75, 3.05) is 13.1 Å². The van der Waals surface area contributed by atoms with Gasteiger partial charge in [-0.25, -0.2) is 4.39 Å². The van der Waals surface area contributed by atoms with E-state index in [4.69, 9.17) is 11.6 Å². The molecule has 0 saturated carbocycles. The topological polar surface area (TPSA) is 49.4 Å². The largest absolute Gasteiger partial charge is 0.352 e. The molecule has 0 radical (unpaired) electrons. The van der Waals surface area contributed by atoms with Crippen LogP contribution in [0.4, 0.5) is 4.39 Å². The van der Waals surface area contributed by atoms with Crippen molar-refractivity contribution in [2.45, 2.75) is 45.1 Å². The summed E-state index contributed by atoms with van der Waals surface area (Å²) in [6.45, 7) is 5.96. The Bertz CT molecular complexity index is 619. The molecule has 0 unspecified atom stereocenters. The number of likely N-dealkylation sites (tertiary alicyclic amines) is 1. The minimum Gasteiger partial charge on any atom is -0.352 e. The molecule has 0 bridgehead atoms. The summed E-state index contributed by atoms with van der Waals surface area (Å²) < 4.78 is 14.2. The number of nitrogens with zero attached hydrogens (tertiary/aromatic N) is 1. The van der Waals surface area contributed by atoms with Crippen molar-refractivity contribution in [3.05, 3.63) is 34.6 Å². The molecular weight excluding hydrogens is 319 g/mol. The standard InChI is InChI=1S/C17H22ClFN2O2/c1-11(22)20-13-5-4-8-21(10-13)16(23)17(2,3)14-7-6-12(18)9-15(14)19/h6-7,9,13H,4-5,8,10H2,1-3H3,(H,20,22)/t13-/m1/s1. The second-order valence-electron chi connectivity index (χ2n) is 6.54. The number of rotatable bonds is 3. The lowest BCUT2D eigenvalue weighted by atomic mass is 9.82. The maximum atomic E-state index is 14.2. The Balaban J connectivity index is 2.18. The lowest BCUT2D eigenvalue weighted by Crippen LogP contribution is -2.53. The summed E-state index contributed by atoms with van der Waals surface area (Å²) in [6.07, 6.45) is 1.66. The van der Waals surface area contributed by atoms with Gasteiger partial charge in [0.1, 0.15) is 5.82 Å². The first-order chi connectivity index (χ1) is 10.7. The lowest BCUT2D eigenvalue weighted by Gasteiger charge is -2.38. The summed E-state index contributed by atoms with van der Waals surface area (Å²) in [5.41, 5.74) is -0.666. The predicted octanol–water partition coefficient (Wildman–Crippen LogP) is 2.88. The predicted molar refractivity (Wildman–Crippen MR) is 87.9 cm³/mol. The molecule has 0 aromatic heterocycles. The summed E-state index contributed by atoms with van der Waals surface area (Å²) in [6, 6.07) is 4.33. The third-order valence-electron chi connectivity index (χ3n) is 4.26. The quantitative estimate of drug-likeness (QED) is 0.919. The zero-order valence-corrected chi connectivity index (χ0v) is 14.4. The van der Waals surface area contributed by atoms with E-state index in [1.54, 1.807) is 30.9 Å². The van der Waals surface area contributed by atoms with Crippen LogP contribution >= 0.6 is 11.6 Å². The molecule has 1 aliphatic heterocycles. The van der Waals surface area contributed by atoms with E-state index in [1.807, 2.05) is 0 Å². The van der Waals surface area contributed by atoms with E-state index >= 15 is 0 Å². The highest BCUT2D eigenvalue weighted by Crippen LogP contribution is 2.30. The molecule has 0 spiro atoms. The fraction of sp³-hybridized carbons (Fsp3) is 0.529. The van der Waals surface area contributed by atoms with Gasteiger partial charge in [0.2, 0.25) is 11.8 Å². The number of halogens is 2. The van der Waals surface area contributed by atoms with Crippen LogP contribution in [0.1, 0.15) is 39.2 Å². The SMILES string of the molecule is CC(=O)N[C@@H]1CCCN(C(=O)C(C)(C)c2ccc(Cl)cc2F)C1. The van der Waals surface area contributed by atoms with Gasteiger partial charge in [-0.1, -0.05) is 17.7 Å². The van der Waals surface area contributed by atoms with Gasteiger partial charge in [-0.2, -0.15) is 0 Å². The van der Waals surface area contributed by atoms with Gasteiger partial charge in [0.05, 0.1) is 5.41 Å². The Hall–Kier alpha value is -1.62. The van der Waals surface area contributed by atoms with Crippen LogP contribution in [-0.4, -0.2) is 35.8 Å². The average molecular weight is 341 g/mol. The fourth-order valence-corrected chi connectivity index (χ4v) is 3.23. The number of nitrogens with one attached hydrogen (secondary N) is 1. The van der Waals surface area contributed by atoms with E-state index in [0.29, 0.717) is 23.7 Å². The second kappa shape index (κ2) is 6.87. The molecule has 6 heteroatoms. The van der Waals surface area contributed by atoms with Crippen molar-refractivity contribution in [3.8, 4) is 0 Å². The van der Waals surface area contributed by atoms with E-state index in [2.05, 4.69) is 5.32 Å². The van der Waals surface area contributed by atoms with Crippen LogP contribution in [0.5, 0.6) is 0 Å². The lowest BCUT2D eigenvalue weighted by molar-refractivity contribution is -0.138. The molecule has 1 saturated heterocycles. The number of piperidine rings is 1. The normalized spacial score (nSPS) is 18.7. The molecule has 1 aromatic rings. The van der Waals surface area contributed by atoms with Crippen molar-refractivity contribution >= 4 is 23.4 Å². The van der Waals surface area contributed by atoms with Crippen LogP contribution in [-0.2, 0) is 15.0 Å². The number of carbonyl (C=O) groups excluding carboxylic acids is 2. The first kappa shape index (κ1) is 17.7. The van der Waals surface area contributed by atoms with Gasteiger partial charge in [0.25, 0.3) is 0 Å². The third-order valence-corrected chi connectivity index (χ3v) is 4.49. The number of hydrogen-bond donors (Lipinski definition) is 1. The van der Waals surface area contributed by atoms with Gasteiger partial charge in [-0.3, -0.25) is 9.59 Å². The molecule has 1 N–H and O–H groups in total. The number of hydrogen-bond acceptors (Lipinski definition) is 2. The monoisotopic (exact) mass is 340 g/mol. The Morgan fingerprint density at radius 1 is 1.39 bits per heavy atom. The molecule has 1 fully saturated rings. The van der Waals surface area contributed by atoms with Crippen molar-refractivity contribution in [2.24, 2.45) is 0 Å². The summed E-state index contributed by atoms with van der Waals surface area (Å²) in [7, 11) is 0. The fourth-order valence-electron chi connectivity index (χ4n) is 3.07. The zero-order chi connectivity index (χ0) is 17.2. The van der Waals surface area contributed by atoms with E-state index in [1.165, 1.54) is 13.0 Å². The van der Waals surface area contributed by atoms with Gasteiger partial charge in [0.15, 0.2) is 0 Å². The molecule has 4 nitrogen and oxygen atoms in total. The van der Waals surface area contributed by atoms with Crippen LogP contribution in [0.3, 0.4) is 0 Å². The second-order valence-corrected chi connectivity index (χ2v) is 6.98. The third kappa shape index (κ3) is 4.02. The van der Waals surface area contributed by atoms with E-state index < -0.39 is 11.2 Å². The maximum absolute atomic E-state index is 14.2. The van der Waals surface area contributed by atoms with Crippen LogP contribution in [0.15, 0.2) is 18.2 Å². The Morgan fingerprint density at radius 2 is 2.09 bits per heavy atom. The van der Waals surface area contributed by atoms with Crippen molar-refractivity contribution < 1.29 is 14.0 Å². The molecule has 1 atom stereocenters. The molecule has 1 aromatic carbocycles. The van der Waals surface area contributed by atoms with E-state index in [0.717, 1.165) is 12.8 Å². The van der Waals surface area contributed by atoms with E-state index in [9.17, 15) is 14.0 Å². The average Bonchev–Trinajstić information content (AvgIpc) is 2.45. The van der Waals surface area contributed by atoms with Crippen LogP contribution in [0, 0.1) is 5.82 Å². The first-order valence-electron chi connectivity index (χ1n) is 7.74. The van der Waals surface area contributed by atoms with Gasteiger partial charge in [-0.05, 0) is 38.8 Å². The van der Waals surface area contributed by atoms with Gasteiger partial charge < -0.3 is 10.2 Å². The Labute approximate surface area is 141 Å². The maximum Gasteiger partial charge on any atom is 0.232 e. The number of carbonyl (C=O) groups is 2. The van der Waals surface area contributed by atoms with Crippen LogP contribution in [0.25, 0.3) is 0 Å².